The van der Waals surface area contributed by atoms with E-state index in [-0.39, 0.29) is 11.5 Å². The number of sulfonamides is 1. The number of nitrogens with one attached hydrogen (secondary N) is 1. The molecular weight excluding hydrogens is 370 g/mol. The maximum Gasteiger partial charge on any atom is 0.321 e. The molecule has 0 bridgehead atoms. The second-order valence-corrected chi connectivity index (χ2v) is 8.67. The highest BCUT2D eigenvalue weighted by Crippen LogP contribution is 2.26. The highest BCUT2D eigenvalue weighted by molar-refractivity contribution is 7.89. The van der Waals surface area contributed by atoms with Crippen molar-refractivity contribution < 1.29 is 17.9 Å². The Hall–Kier alpha value is -2.22. The summed E-state index contributed by atoms with van der Waals surface area (Å²) in [6, 6.07) is 12.7. The number of fused-ring (bicyclic) bond motifs is 1. The smallest absolute Gasteiger partial charge is 0.321 e. The van der Waals surface area contributed by atoms with Gasteiger partial charge in [0.15, 0.2) is 0 Å². The number of hydrogen-bond acceptors (Lipinski definition) is 5. The number of benzene rings is 2. The summed E-state index contributed by atoms with van der Waals surface area (Å²) < 4.78 is 33.2. The van der Waals surface area contributed by atoms with Crippen LogP contribution in [0.1, 0.15) is 16.7 Å². The maximum absolute atomic E-state index is 12.3. The van der Waals surface area contributed by atoms with Crippen LogP contribution in [-0.4, -0.2) is 20.9 Å². The Morgan fingerprint density at radius 2 is 1.88 bits per heavy atom. The number of hydrogen-bond donors (Lipinski definition) is 1. The van der Waals surface area contributed by atoms with Gasteiger partial charge in [-0.3, -0.25) is 4.79 Å². The number of carbonyl (C=O) groups excluding carboxylic acids is 1. The molecule has 0 aliphatic heterocycles. The zero-order valence-corrected chi connectivity index (χ0v) is 16.1. The second-order valence-electron chi connectivity index (χ2n) is 5.99. The van der Waals surface area contributed by atoms with Crippen molar-refractivity contribution in [1.82, 2.24) is 4.72 Å². The van der Waals surface area contributed by atoms with E-state index in [1.807, 2.05) is 43.5 Å². The summed E-state index contributed by atoms with van der Waals surface area (Å²) >= 11 is 1.58. The number of thiophene rings is 1. The predicted octanol–water partition coefficient (Wildman–Crippen LogP) is 3.54. The molecule has 0 saturated heterocycles. The van der Waals surface area contributed by atoms with E-state index in [9.17, 15) is 13.2 Å². The molecule has 1 heterocycles. The Bertz CT molecular complexity index is 1050. The van der Waals surface area contributed by atoms with Crippen LogP contribution in [0.15, 0.2) is 52.7 Å². The summed E-state index contributed by atoms with van der Waals surface area (Å²) in [6.07, 6.45) is 0. The lowest BCUT2D eigenvalue weighted by Gasteiger charge is -2.09. The molecule has 7 heteroatoms. The van der Waals surface area contributed by atoms with Crippen LogP contribution >= 0.6 is 11.3 Å². The first kappa shape index (κ1) is 18.6. The van der Waals surface area contributed by atoms with Gasteiger partial charge in [-0.2, -0.15) is 4.72 Å². The van der Waals surface area contributed by atoms with Crippen LogP contribution in [0.2, 0.25) is 0 Å². The third-order valence-electron chi connectivity index (χ3n) is 4.15. The number of carbonyl (C=O) groups is 1. The molecular formula is C19H19NO4S2. The first-order chi connectivity index (χ1) is 12.4. The third-order valence-corrected chi connectivity index (χ3v) is 6.56. The summed E-state index contributed by atoms with van der Waals surface area (Å²) in [4.78, 5) is 12.1. The zero-order valence-electron chi connectivity index (χ0n) is 14.5. The van der Waals surface area contributed by atoms with E-state index in [0.29, 0.717) is 0 Å². The number of esters is 1. The first-order valence-electron chi connectivity index (χ1n) is 8.04. The summed E-state index contributed by atoms with van der Waals surface area (Å²) in [5.41, 5.74) is 2.79. The van der Waals surface area contributed by atoms with Crippen LogP contribution < -0.4 is 4.72 Å². The van der Waals surface area contributed by atoms with Crippen molar-refractivity contribution in [3.8, 4) is 0 Å². The SMILES string of the molecule is Cc1ccc(S(=O)(=O)NCC(=O)OCc2csc3ccccc23)cc1C. The standard InChI is InChI=1S/C19H19NO4S2/c1-13-7-8-16(9-14(13)2)26(22,23)20-10-19(21)24-11-15-12-25-18-6-4-3-5-17(15)18/h3-9,12,20H,10-11H2,1-2H3. The van der Waals surface area contributed by atoms with Gasteiger partial charge >= 0.3 is 5.97 Å². The largest absolute Gasteiger partial charge is 0.460 e. The Morgan fingerprint density at radius 1 is 1.12 bits per heavy atom. The van der Waals surface area contributed by atoms with E-state index in [4.69, 9.17) is 4.74 Å². The minimum Gasteiger partial charge on any atom is -0.460 e. The van der Waals surface area contributed by atoms with Crippen molar-refractivity contribution >= 4 is 37.4 Å². The molecule has 3 aromatic rings. The van der Waals surface area contributed by atoms with E-state index in [2.05, 4.69) is 4.72 Å². The van der Waals surface area contributed by atoms with Crippen LogP contribution in [-0.2, 0) is 26.2 Å². The van der Waals surface area contributed by atoms with E-state index >= 15 is 0 Å². The summed E-state index contributed by atoms with van der Waals surface area (Å²) in [5.74, 6) is -0.618. The Morgan fingerprint density at radius 3 is 2.65 bits per heavy atom. The minimum atomic E-state index is -3.75. The van der Waals surface area contributed by atoms with Crippen molar-refractivity contribution in [2.45, 2.75) is 25.3 Å². The first-order valence-corrected chi connectivity index (χ1v) is 10.4. The number of rotatable bonds is 6. The molecule has 0 amide bonds. The van der Waals surface area contributed by atoms with Gasteiger partial charge in [-0.1, -0.05) is 24.3 Å². The van der Waals surface area contributed by atoms with Crippen molar-refractivity contribution in [3.63, 3.8) is 0 Å². The molecule has 5 nitrogen and oxygen atoms in total. The van der Waals surface area contributed by atoms with Crippen LogP contribution in [0.25, 0.3) is 10.1 Å². The molecule has 3 rings (SSSR count). The van der Waals surface area contributed by atoms with E-state index in [1.54, 1.807) is 23.5 Å². The van der Waals surface area contributed by atoms with E-state index in [1.165, 1.54) is 6.07 Å². The average Bonchev–Trinajstić information content (AvgIpc) is 3.04. The molecule has 0 aliphatic carbocycles. The average molecular weight is 389 g/mol. The van der Waals surface area contributed by atoms with Gasteiger partial charge in [0.1, 0.15) is 13.2 Å². The number of aryl methyl sites for hydroxylation is 2. The fraction of sp³-hybridized carbons (Fsp3) is 0.211. The molecule has 1 N–H and O–H groups in total. The third kappa shape index (κ3) is 4.12. The van der Waals surface area contributed by atoms with Crippen molar-refractivity contribution in [2.24, 2.45) is 0 Å². The number of ether oxygens (including phenoxy) is 1. The van der Waals surface area contributed by atoms with Crippen LogP contribution in [0.4, 0.5) is 0 Å². The molecule has 0 spiro atoms. The fourth-order valence-corrected chi connectivity index (χ4v) is 4.47. The lowest BCUT2D eigenvalue weighted by molar-refractivity contribution is -0.143. The molecule has 1 aromatic heterocycles. The summed E-state index contributed by atoms with van der Waals surface area (Å²) in [7, 11) is -3.75. The highest BCUT2D eigenvalue weighted by Gasteiger charge is 2.17. The molecule has 0 radical (unpaired) electrons. The maximum atomic E-state index is 12.3. The highest BCUT2D eigenvalue weighted by atomic mass is 32.2. The van der Waals surface area contributed by atoms with Gasteiger partial charge in [0.05, 0.1) is 4.90 Å². The van der Waals surface area contributed by atoms with Crippen molar-refractivity contribution in [1.29, 1.82) is 0 Å². The molecule has 0 unspecified atom stereocenters. The second kappa shape index (κ2) is 7.57. The van der Waals surface area contributed by atoms with Crippen molar-refractivity contribution in [3.05, 3.63) is 64.5 Å². The Balaban J connectivity index is 1.59. The predicted molar refractivity (Wildman–Crippen MR) is 103 cm³/mol. The van der Waals surface area contributed by atoms with Crippen molar-refractivity contribution in [2.75, 3.05) is 6.54 Å². The summed E-state index contributed by atoms with van der Waals surface area (Å²) in [6.45, 7) is 3.46. The van der Waals surface area contributed by atoms with Gasteiger partial charge in [0.25, 0.3) is 0 Å². The van der Waals surface area contributed by atoms with Crippen LogP contribution in [0, 0.1) is 13.8 Å². The topological polar surface area (TPSA) is 72.5 Å². The van der Waals surface area contributed by atoms with Crippen LogP contribution in [0.3, 0.4) is 0 Å². The van der Waals surface area contributed by atoms with Gasteiger partial charge in [-0.15, -0.1) is 11.3 Å². The molecule has 0 fully saturated rings. The molecule has 136 valence electrons. The van der Waals surface area contributed by atoms with Gasteiger partial charge < -0.3 is 4.74 Å². The van der Waals surface area contributed by atoms with Gasteiger partial charge in [0, 0.05) is 10.3 Å². The Kier molecular flexibility index (Phi) is 5.41. The molecule has 0 atom stereocenters. The minimum absolute atomic E-state index is 0.119. The zero-order chi connectivity index (χ0) is 18.7. The monoisotopic (exact) mass is 389 g/mol. The Labute approximate surface area is 156 Å². The molecule has 2 aromatic carbocycles. The molecule has 0 saturated carbocycles. The van der Waals surface area contributed by atoms with E-state index in [0.717, 1.165) is 26.8 Å². The van der Waals surface area contributed by atoms with Gasteiger partial charge in [0.2, 0.25) is 10.0 Å². The summed E-state index contributed by atoms with van der Waals surface area (Å²) in [5, 5.41) is 2.98. The lowest BCUT2D eigenvalue weighted by Crippen LogP contribution is -2.30. The van der Waals surface area contributed by atoms with E-state index < -0.39 is 22.5 Å². The fourth-order valence-electron chi connectivity index (χ4n) is 2.47. The molecule has 26 heavy (non-hydrogen) atoms. The van der Waals surface area contributed by atoms with Gasteiger partial charge in [-0.25, -0.2) is 8.42 Å². The molecule has 0 aliphatic rings. The van der Waals surface area contributed by atoms with Gasteiger partial charge in [-0.05, 0) is 53.9 Å². The normalized spacial score (nSPS) is 11.6. The quantitative estimate of drug-likeness (QED) is 0.655. The lowest BCUT2D eigenvalue weighted by atomic mass is 10.1. The van der Waals surface area contributed by atoms with Crippen LogP contribution in [0.5, 0.6) is 0 Å².